The number of nitrogens with two attached hydrogens (primary N) is 1. The molecule has 0 aliphatic carbocycles. The van der Waals surface area contributed by atoms with Crippen LogP contribution in [0.3, 0.4) is 0 Å². The molecule has 0 aliphatic rings. The van der Waals surface area contributed by atoms with Crippen LogP contribution in [0.25, 0.3) is 11.1 Å². The lowest BCUT2D eigenvalue weighted by molar-refractivity contribution is 1.04. The number of nitrogens with zero attached hydrogens (tertiary/aromatic N) is 1. The third-order valence-corrected chi connectivity index (χ3v) is 3.42. The second kappa shape index (κ2) is 5.21. The first kappa shape index (κ1) is 12.6. The molecule has 0 amide bonds. The minimum Gasteiger partial charge on any atom is -0.383 e. The van der Waals surface area contributed by atoms with Crippen molar-refractivity contribution in [3.8, 4) is 11.1 Å². The molecule has 1 aromatic carbocycles. The molecule has 0 spiro atoms. The Kier molecular flexibility index (Phi) is 3.66. The molecule has 18 heavy (non-hydrogen) atoms. The van der Waals surface area contributed by atoms with Crippen molar-refractivity contribution in [3.63, 3.8) is 0 Å². The molecule has 0 atom stereocenters. The van der Waals surface area contributed by atoms with Gasteiger partial charge in [0.25, 0.3) is 0 Å². The quantitative estimate of drug-likeness (QED) is 0.887. The number of aryl methyl sites for hydroxylation is 3. The first-order valence-corrected chi connectivity index (χ1v) is 6.50. The monoisotopic (exact) mass is 240 g/mol. The summed E-state index contributed by atoms with van der Waals surface area (Å²) in [6, 6.07) is 8.76. The van der Waals surface area contributed by atoms with Gasteiger partial charge < -0.3 is 5.73 Å². The van der Waals surface area contributed by atoms with Gasteiger partial charge >= 0.3 is 0 Å². The van der Waals surface area contributed by atoms with E-state index in [4.69, 9.17) is 5.73 Å². The minimum atomic E-state index is 0.611. The van der Waals surface area contributed by atoms with E-state index in [1.165, 1.54) is 16.7 Å². The van der Waals surface area contributed by atoms with Gasteiger partial charge in [0, 0.05) is 11.8 Å². The van der Waals surface area contributed by atoms with Crippen LogP contribution in [0, 0.1) is 6.92 Å². The fraction of sp³-hybridized carbons (Fsp3) is 0.312. The molecule has 1 aromatic heterocycles. The van der Waals surface area contributed by atoms with Gasteiger partial charge in [0.05, 0.1) is 0 Å². The second-order valence-electron chi connectivity index (χ2n) is 4.62. The summed E-state index contributed by atoms with van der Waals surface area (Å²) in [5.74, 6) is 0.611. The van der Waals surface area contributed by atoms with E-state index in [0.29, 0.717) is 5.82 Å². The summed E-state index contributed by atoms with van der Waals surface area (Å²) in [7, 11) is 0. The molecule has 2 N–H and O–H groups in total. The molecule has 0 fully saturated rings. The van der Waals surface area contributed by atoms with Gasteiger partial charge in [-0.3, -0.25) is 0 Å². The van der Waals surface area contributed by atoms with Crippen molar-refractivity contribution in [1.29, 1.82) is 0 Å². The van der Waals surface area contributed by atoms with Gasteiger partial charge in [-0.25, -0.2) is 4.98 Å². The van der Waals surface area contributed by atoms with Gasteiger partial charge in [-0.15, -0.1) is 0 Å². The Morgan fingerprint density at radius 2 is 1.72 bits per heavy atom. The van der Waals surface area contributed by atoms with Gasteiger partial charge in [-0.1, -0.05) is 32.0 Å². The SMILES string of the molecule is CCc1ccc(-c2cnc(N)c(C)c2)cc1CC. The van der Waals surface area contributed by atoms with Gasteiger partial charge in [0.2, 0.25) is 0 Å². The summed E-state index contributed by atoms with van der Waals surface area (Å²) in [6.45, 7) is 6.39. The highest BCUT2D eigenvalue weighted by atomic mass is 14.8. The third kappa shape index (κ3) is 2.37. The Morgan fingerprint density at radius 1 is 1.00 bits per heavy atom. The van der Waals surface area contributed by atoms with Crippen LogP contribution in [0.5, 0.6) is 0 Å². The lowest BCUT2D eigenvalue weighted by Crippen LogP contribution is -1.95. The van der Waals surface area contributed by atoms with Crippen LogP contribution >= 0.6 is 0 Å². The molecule has 2 nitrogen and oxygen atoms in total. The maximum atomic E-state index is 5.76. The molecule has 1 heterocycles. The highest BCUT2D eigenvalue weighted by Crippen LogP contribution is 2.24. The van der Waals surface area contributed by atoms with Crippen molar-refractivity contribution in [3.05, 3.63) is 47.2 Å². The van der Waals surface area contributed by atoms with E-state index in [9.17, 15) is 0 Å². The fourth-order valence-corrected chi connectivity index (χ4v) is 2.22. The molecule has 0 saturated carbocycles. The van der Waals surface area contributed by atoms with Crippen LogP contribution in [0.2, 0.25) is 0 Å². The summed E-state index contributed by atoms with van der Waals surface area (Å²) in [5.41, 5.74) is 12.0. The number of aromatic nitrogens is 1. The van der Waals surface area contributed by atoms with Gasteiger partial charge in [0.15, 0.2) is 0 Å². The minimum absolute atomic E-state index is 0.611. The molecular formula is C16H20N2. The Bertz CT molecular complexity index is 559. The summed E-state index contributed by atoms with van der Waals surface area (Å²) in [6.07, 6.45) is 4.00. The van der Waals surface area contributed by atoms with E-state index in [1.54, 1.807) is 0 Å². The van der Waals surface area contributed by atoms with Crippen molar-refractivity contribution < 1.29 is 0 Å². The van der Waals surface area contributed by atoms with E-state index in [-0.39, 0.29) is 0 Å². The Labute approximate surface area is 109 Å². The number of rotatable bonds is 3. The Morgan fingerprint density at radius 3 is 2.33 bits per heavy atom. The summed E-state index contributed by atoms with van der Waals surface area (Å²) in [5, 5.41) is 0. The van der Waals surface area contributed by atoms with Crippen LogP contribution in [-0.2, 0) is 12.8 Å². The third-order valence-electron chi connectivity index (χ3n) is 3.42. The first-order chi connectivity index (χ1) is 8.65. The highest BCUT2D eigenvalue weighted by Gasteiger charge is 2.05. The van der Waals surface area contributed by atoms with E-state index >= 15 is 0 Å². The Balaban J connectivity index is 2.47. The molecule has 0 unspecified atom stereocenters. The number of hydrogen-bond donors (Lipinski definition) is 1. The van der Waals surface area contributed by atoms with Gasteiger partial charge in [-0.2, -0.15) is 0 Å². The van der Waals surface area contributed by atoms with Crippen LogP contribution in [-0.4, -0.2) is 4.98 Å². The number of benzene rings is 1. The lowest BCUT2D eigenvalue weighted by Gasteiger charge is -2.10. The number of anilines is 1. The summed E-state index contributed by atoms with van der Waals surface area (Å²) >= 11 is 0. The number of pyridine rings is 1. The standard InChI is InChI=1S/C16H20N2/c1-4-12-6-7-14(9-13(12)5-2)15-8-11(3)16(17)18-10-15/h6-10H,4-5H2,1-3H3,(H2,17,18). The molecular weight excluding hydrogens is 220 g/mol. The first-order valence-electron chi connectivity index (χ1n) is 6.50. The molecule has 2 rings (SSSR count). The predicted molar refractivity (Wildman–Crippen MR) is 77.6 cm³/mol. The van der Waals surface area contributed by atoms with Crippen LogP contribution in [0.1, 0.15) is 30.5 Å². The Hall–Kier alpha value is -1.83. The molecule has 94 valence electrons. The topological polar surface area (TPSA) is 38.9 Å². The van der Waals surface area contributed by atoms with Crippen LogP contribution < -0.4 is 5.73 Å². The average Bonchev–Trinajstić information content (AvgIpc) is 2.41. The predicted octanol–water partition coefficient (Wildman–Crippen LogP) is 3.76. The molecule has 0 aliphatic heterocycles. The van der Waals surface area contributed by atoms with Gasteiger partial charge in [0.1, 0.15) is 5.82 Å². The number of hydrogen-bond acceptors (Lipinski definition) is 2. The number of nitrogen functional groups attached to an aromatic ring is 1. The largest absolute Gasteiger partial charge is 0.383 e. The average molecular weight is 240 g/mol. The van der Waals surface area contributed by atoms with E-state index in [2.05, 4.69) is 43.1 Å². The second-order valence-corrected chi connectivity index (χ2v) is 4.62. The van der Waals surface area contributed by atoms with Crippen molar-refractivity contribution >= 4 is 5.82 Å². The van der Waals surface area contributed by atoms with E-state index in [0.717, 1.165) is 24.0 Å². The zero-order valence-corrected chi connectivity index (χ0v) is 11.3. The van der Waals surface area contributed by atoms with Crippen molar-refractivity contribution in [2.45, 2.75) is 33.6 Å². The summed E-state index contributed by atoms with van der Waals surface area (Å²) in [4.78, 5) is 4.23. The molecule has 0 radical (unpaired) electrons. The normalized spacial score (nSPS) is 10.6. The van der Waals surface area contributed by atoms with E-state index < -0.39 is 0 Å². The van der Waals surface area contributed by atoms with Gasteiger partial charge in [-0.05, 0) is 48.1 Å². The lowest BCUT2D eigenvalue weighted by atomic mass is 9.97. The van der Waals surface area contributed by atoms with E-state index in [1.807, 2.05) is 13.1 Å². The molecule has 2 heteroatoms. The van der Waals surface area contributed by atoms with Crippen LogP contribution in [0.15, 0.2) is 30.5 Å². The van der Waals surface area contributed by atoms with Crippen LogP contribution in [0.4, 0.5) is 5.82 Å². The summed E-state index contributed by atoms with van der Waals surface area (Å²) < 4.78 is 0. The zero-order chi connectivity index (χ0) is 13.1. The van der Waals surface area contributed by atoms with Crippen molar-refractivity contribution in [2.75, 3.05) is 5.73 Å². The maximum Gasteiger partial charge on any atom is 0.126 e. The molecule has 2 aromatic rings. The maximum absolute atomic E-state index is 5.76. The van der Waals surface area contributed by atoms with Crippen molar-refractivity contribution in [1.82, 2.24) is 4.98 Å². The highest BCUT2D eigenvalue weighted by molar-refractivity contribution is 5.66. The molecule has 0 bridgehead atoms. The van der Waals surface area contributed by atoms with Crippen molar-refractivity contribution in [2.24, 2.45) is 0 Å². The molecule has 0 saturated heterocycles. The zero-order valence-electron chi connectivity index (χ0n) is 11.3. The smallest absolute Gasteiger partial charge is 0.126 e. The fourth-order valence-electron chi connectivity index (χ4n) is 2.22.